The van der Waals surface area contributed by atoms with Gasteiger partial charge >= 0.3 is 11.9 Å². The number of anilines is 2. The van der Waals surface area contributed by atoms with Crippen LogP contribution >= 0.6 is 22.7 Å². The minimum atomic E-state index is -1.24. The maximum absolute atomic E-state index is 11.8. The van der Waals surface area contributed by atoms with Gasteiger partial charge in [0.2, 0.25) is 0 Å². The zero-order valence-electron chi connectivity index (χ0n) is 35.1. The standard InChI is InChI=1S/C50H53N3O5S2/c1-6-8-10-12-14-32-24-40(26-36(30-51)48(54)55)59-46(32)34-16-22-44-42(28-34)50(3,4)43-29-35(17-23-45(43)53(44)38-18-20-39(58-5)21-19-38)47-33(15-13-11-9-7-2)25-41(60-47)27-37(31-52)49(56)57/h16-29,42,44H,6-15H2,1-5H3,(H,54,55)(H,56,57)/b36-26+,37-27+. The van der Waals surface area contributed by atoms with E-state index in [2.05, 4.69) is 93.3 Å². The number of aryl methyl sites for hydroxylation is 2. The van der Waals surface area contributed by atoms with Crippen LogP contribution in [0.1, 0.15) is 110 Å². The molecule has 1 aliphatic carbocycles. The highest BCUT2D eigenvalue weighted by atomic mass is 32.1. The van der Waals surface area contributed by atoms with Crippen molar-refractivity contribution in [3.8, 4) is 28.3 Å². The summed E-state index contributed by atoms with van der Waals surface area (Å²) in [6.45, 7) is 9.01. The SMILES string of the molecule is CCCCCCc1cc(/C=C(\C#N)C(=O)O)sc1C1=CC2C(C=C1)N(c1ccc(OC)cc1)c1ccc(-c3sc(/C=C(\C#N)C(=O)O)cc3CCCCCC)cc1C2(C)C. The van der Waals surface area contributed by atoms with Gasteiger partial charge in [-0.25, -0.2) is 9.59 Å². The van der Waals surface area contributed by atoms with E-state index in [1.807, 2.05) is 24.3 Å². The summed E-state index contributed by atoms with van der Waals surface area (Å²) in [5.41, 5.74) is 6.88. The molecule has 0 radical (unpaired) electrons. The lowest BCUT2D eigenvalue weighted by Crippen LogP contribution is -2.50. The lowest BCUT2D eigenvalue weighted by atomic mass is 9.64. The summed E-state index contributed by atoms with van der Waals surface area (Å²) in [6, 6.07) is 22.7. The van der Waals surface area contributed by atoms with Gasteiger partial charge in [-0.2, -0.15) is 10.5 Å². The number of carboxylic acid groups (broad SMARTS) is 2. The first-order valence-corrected chi connectivity index (χ1v) is 22.5. The number of carbonyl (C=O) groups is 2. The average Bonchev–Trinajstić information content (AvgIpc) is 3.85. The molecule has 0 saturated carbocycles. The summed E-state index contributed by atoms with van der Waals surface area (Å²) >= 11 is 3.07. The Morgan fingerprint density at radius 2 is 1.37 bits per heavy atom. The molecule has 2 aromatic heterocycles. The topological polar surface area (TPSA) is 135 Å². The summed E-state index contributed by atoms with van der Waals surface area (Å²) in [7, 11) is 1.67. The maximum atomic E-state index is 11.8. The van der Waals surface area contributed by atoms with Crippen molar-refractivity contribution >= 4 is 63.7 Å². The zero-order chi connectivity index (χ0) is 43.0. The number of hydrogen-bond acceptors (Lipinski definition) is 8. The fourth-order valence-electron chi connectivity index (χ4n) is 8.46. The number of ether oxygens (including phenoxy) is 1. The van der Waals surface area contributed by atoms with Crippen LogP contribution in [0.2, 0.25) is 0 Å². The molecule has 2 aromatic carbocycles. The van der Waals surface area contributed by atoms with Crippen LogP contribution in [-0.4, -0.2) is 35.3 Å². The number of unbranched alkanes of at least 4 members (excludes halogenated alkanes) is 6. The minimum Gasteiger partial charge on any atom is -0.497 e. The van der Waals surface area contributed by atoms with Crippen LogP contribution in [0.15, 0.2) is 84.0 Å². The predicted molar refractivity (Wildman–Crippen MR) is 245 cm³/mol. The number of nitrogens with zero attached hydrogens (tertiary/aromatic N) is 3. The highest BCUT2D eigenvalue weighted by molar-refractivity contribution is 7.16. The van der Waals surface area contributed by atoms with Gasteiger partial charge in [-0.3, -0.25) is 0 Å². The van der Waals surface area contributed by atoms with Gasteiger partial charge in [0, 0.05) is 42.2 Å². The Balaban J connectivity index is 1.49. The van der Waals surface area contributed by atoms with Gasteiger partial charge < -0.3 is 19.8 Å². The van der Waals surface area contributed by atoms with Gasteiger partial charge in [-0.1, -0.05) is 90.5 Å². The number of nitriles is 2. The van der Waals surface area contributed by atoms with Crippen molar-refractivity contribution in [2.45, 2.75) is 103 Å². The number of carboxylic acids is 2. The van der Waals surface area contributed by atoms with Gasteiger partial charge in [0.1, 0.15) is 29.0 Å². The molecule has 10 heteroatoms. The monoisotopic (exact) mass is 839 g/mol. The third kappa shape index (κ3) is 9.52. The Labute approximate surface area is 362 Å². The number of allylic oxidation sites excluding steroid dienone is 2. The first-order valence-electron chi connectivity index (χ1n) is 20.9. The summed E-state index contributed by atoms with van der Waals surface area (Å²) in [4.78, 5) is 29.7. The van der Waals surface area contributed by atoms with Gasteiger partial charge in [-0.05, 0) is 114 Å². The molecule has 2 unspecified atom stereocenters. The number of aliphatic carboxylic acids is 2. The largest absolute Gasteiger partial charge is 0.497 e. The van der Waals surface area contributed by atoms with E-state index in [9.17, 15) is 30.3 Å². The molecule has 4 aromatic rings. The van der Waals surface area contributed by atoms with Crippen LogP contribution in [0.3, 0.4) is 0 Å². The van der Waals surface area contributed by atoms with E-state index in [1.165, 1.54) is 46.0 Å². The molecule has 8 nitrogen and oxygen atoms in total. The number of thiophene rings is 2. The Bertz CT molecular complexity index is 2430. The third-order valence-corrected chi connectivity index (χ3v) is 14.0. The molecule has 2 N–H and O–H groups in total. The van der Waals surface area contributed by atoms with E-state index in [1.54, 1.807) is 7.11 Å². The molecule has 310 valence electrons. The van der Waals surface area contributed by atoms with Crippen molar-refractivity contribution in [3.63, 3.8) is 0 Å². The highest BCUT2D eigenvalue weighted by Crippen LogP contribution is 2.54. The van der Waals surface area contributed by atoms with Crippen molar-refractivity contribution in [2.24, 2.45) is 5.92 Å². The van der Waals surface area contributed by atoms with Crippen molar-refractivity contribution in [1.82, 2.24) is 0 Å². The average molecular weight is 840 g/mol. The number of methoxy groups -OCH3 is 1. The molecular formula is C50H53N3O5S2. The Morgan fingerprint density at radius 3 is 1.90 bits per heavy atom. The van der Waals surface area contributed by atoms with Crippen LogP contribution < -0.4 is 9.64 Å². The fourth-order valence-corrected chi connectivity index (χ4v) is 10.8. The van der Waals surface area contributed by atoms with Crippen LogP contribution in [-0.2, 0) is 27.8 Å². The van der Waals surface area contributed by atoms with E-state index >= 15 is 0 Å². The molecule has 0 spiro atoms. The summed E-state index contributed by atoms with van der Waals surface area (Å²) in [6.07, 6.45) is 20.4. The molecule has 6 rings (SSSR count). The Kier molecular flexibility index (Phi) is 14.3. The lowest BCUT2D eigenvalue weighted by Gasteiger charge is -2.51. The molecular weight excluding hydrogens is 787 g/mol. The van der Waals surface area contributed by atoms with Gasteiger partial charge in [-0.15, -0.1) is 22.7 Å². The minimum absolute atomic E-state index is 0.0203. The normalized spacial score (nSPS) is 17.0. The van der Waals surface area contributed by atoms with E-state index in [-0.39, 0.29) is 28.5 Å². The zero-order valence-corrected chi connectivity index (χ0v) is 36.7. The van der Waals surface area contributed by atoms with E-state index in [4.69, 9.17) is 4.74 Å². The number of hydrogen-bond donors (Lipinski definition) is 2. The molecule has 0 amide bonds. The van der Waals surface area contributed by atoms with Crippen LogP contribution in [0.4, 0.5) is 11.4 Å². The van der Waals surface area contributed by atoms with Crippen LogP contribution in [0, 0.1) is 28.6 Å². The predicted octanol–water partition coefficient (Wildman–Crippen LogP) is 12.8. The molecule has 0 saturated heterocycles. The molecule has 0 bridgehead atoms. The van der Waals surface area contributed by atoms with Crippen LogP contribution in [0.25, 0.3) is 28.2 Å². The third-order valence-electron chi connectivity index (χ3n) is 11.7. The van der Waals surface area contributed by atoms with Gasteiger partial charge in [0.25, 0.3) is 0 Å². The summed E-state index contributed by atoms with van der Waals surface area (Å²) in [5, 5.41) is 38.4. The first kappa shape index (κ1) is 43.9. The fraction of sp³-hybridized carbons (Fsp3) is 0.360. The quantitative estimate of drug-likeness (QED) is 0.0574. The molecule has 2 atom stereocenters. The van der Waals surface area contributed by atoms with Crippen molar-refractivity contribution in [1.29, 1.82) is 10.5 Å². The number of rotatable bonds is 18. The highest BCUT2D eigenvalue weighted by Gasteiger charge is 2.46. The van der Waals surface area contributed by atoms with Gasteiger partial charge in [0.05, 0.1) is 13.2 Å². The molecule has 0 fully saturated rings. The summed E-state index contributed by atoms with van der Waals surface area (Å²) in [5.74, 6) is -1.67. The smallest absolute Gasteiger partial charge is 0.346 e. The summed E-state index contributed by atoms with van der Waals surface area (Å²) < 4.78 is 5.54. The second-order valence-electron chi connectivity index (χ2n) is 16.1. The van der Waals surface area contributed by atoms with Crippen molar-refractivity contribution in [3.05, 3.63) is 115 Å². The lowest BCUT2D eigenvalue weighted by molar-refractivity contribution is -0.133. The van der Waals surface area contributed by atoms with Crippen LogP contribution in [0.5, 0.6) is 5.75 Å². The van der Waals surface area contributed by atoms with E-state index in [0.717, 1.165) is 118 Å². The molecule has 3 heterocycles. The number of fused-ring (bicyclic) bond motifs is 2. The molecule has 1 aliphatic heterocycles. The van der Waals surface area contributed by atoms with E-state index < -0.39 is 11.9 Å². The molecule has 60 heavy (non-hydrogen) atoms. The number of benzene rings is 2. The van der Waals surface area contributed by atoms with E-state index in [0.29, 0.717) is 0 Å². The Hall–Kier alpha value is -5.68. The Morgan fingerprint density at radius 1 is 0.800 bits per heavy atom. The first-order chi connectivity index (χ1) is 28.9. The maximum Gasteiger partial charge on any atom is 0.346 e. The molecule has 2 aliphatic rings. The van der Waals surface area contributed by atoms with Crippen molar-refractivity contribution < 1.29 is 24.5 Å². The second kappa shape index (κ2) is 19.6. The second-order valence-corrected chi connectivity index (χ2v) is 18.3. The van der Waals surface area contributed by atoms with Crippen molar-refractivity contribution in [2.75, 3.05) is 12.0 Å². The van der Waals surface area contributed by atoms with Gasteiger partial charge in [0.15, 0.2) is 0 Å².